The van der Waals surface area contributed by atoms with Crippen LogP contribution in [0.3, 0.4) is 0 Å². The Balaban J connectivity index is 0.00000176. The smallest absolute Gasteiger partial charge is 0.0648 e. The number of benzene rings is 3. The topological polar surface area (TPSA) is 24.4 Å². The van der Waals surface area contributed by atoms with Gasteiger partial charge in [-0.2, -0.15) is 5.10 Å². The van der Waals surface area contributed by atoms with E-state index in [-0.39, 0.29) is 12.4 Å². The van der Waals surface area contributed by atoms with Crippen molar-refractivity contribution in [1.82, 2.24) is 0 Å². The fourth-order valence-corrected chi connectivity index (χ4v) is 2.28. The van der Waals surface area contributed by atoms with Crippen molar-refractivity contribution in [3.05, 3.63) is 77.3 Å². The van der Waals surface area contributed by atoms with Gasteiger partial charge in [-0.3, -0.25) is 5.43 Å². The van der Waals surface area contributed by atoms with Crippen molar-refractivity contribution in [3.63, 3.8) is 0 Å². The second kappa shape index (κ2) is 7.30. The van der Waals surface area contributed by atoms with Gasteiger partial charge in [-0.25, -0.2) is 0 Å². The van der Waals surface area contributed by atoms with Crippen LogP contribution >= 0.6 is 24.0 Å². The molecule has 0 radical (unpaired) electrons. The third-order valence-electron chi connectivity index (χ3n) is 3.36. The lowest BCUT2D eigenvalue weighted by molar-refractivity contribution is 1.32. The van der Waals surface area contributed by atoms with Crippen LogP contribution in [-0.2, 0) is 0 Å². The van der Waals surface area contributed by atoms with Gasteiger partial charge in [-0.15, -0.1) is 12.4 Å². The Labute approximate surface area is 141 Å². The summed E-state index contributed by atoms with van der Waals surface area (Å²) in [7, 11) is 0. The largest absolute Gasteiger partial charge is 0.278 e. The van der Waals surface area contributed by atoms with Gasteiger partial charge in [0, 0.05) is 5.02 Å². The molecular weight excluding hydrogens is 315 g/mol. The molecule has 0 aliphatic carbocycles. The van der Waals surface area contributed by atoms with Crippen molar-refractivity contribution >= 4 is 46.2 Å². The molecule has 0 bridgehead atoms. The summed E-state index contributed by atoms with van der Waals surface area (Å²) in [6, 6.07) is 22.1. The van der Waals surface area contributed by atoms with E-state index in [1.54, 1.807) is 0 Å². The lowest BCUT2D eigenvalue weighted by Crippen LogP contribution is -1.99. The summed E-state index contributed by atoms with van der Waals surface area (Å²) in [6.07, 6.45) is 0. The maximum atomic E-state index is 5.86. The number of fused-ring (bicyclic) bond motifs is 1. The highest BCUT2D eigenvalue weighted by molar-refractivity contribution is 6.30. The molecule has 0 saturated carbocycles. The Morgan fingerprint density at radius 2 is 1.59 bits per heavy atom. The molecule has 0 atom stereocenters. The monoisotopic (exact) mass is 330 g/mol. The molecule has 3 aromatic carbocycles. The zero-order chi connectivity index (χ0) is 14.7. The Morgan fingerprint density at radius 1 is 0.909 bits per heavy atom. The van der Waals surface area contributed by atoms with Crippen LogP contribution in [0.5, 0.6) is 0 Å². The average molecular weight is 331 g/mol. The third kappa shape index (κ3) is 3.79. The highest BCUT2D eigenvalue weighted by atomic mass is 35.5. The molecule has 0 unspecified atom stereocenters. The van der Waals surface area contributed by atoms with Crippen LogP contribution in [0.1, 0.15) is 12.5 Å². The molecule has 0 aliphatic rings. The number of anilines is 1. The third-order valence-corrected chi connectivity index (χ3v) is 3.62. The molecule has 4 heteroatoms. The first-order valence-electron chi connectivity index (χ1n) is 6.77. The van der Waals surface area contributed by atoms with E-state index >= 15 is 0 Å². The zero-order valence-corrected chi connectivity index (χ0v) is 13.7. The number of hydrogen-bond donors (Lipinski definition) is 1. The molecule has 0 aliphatic heterocycles. The van der Waals surface area contributed by atoms with Crippen LogP contribution in [0.2, 0.25) is 5.02 Å². The summed E-state index contributed by atoms with van der Waals surface area (Å²) in [4.78, 5) is 0. The summed E-state index contributed by atoms with van der Waals surface area (Å²) < 4.78 is 0. The summed E-state index contributed by atoms with van der Waals surface area (Å²) in [5.74, 6) is 0. The van der Waals surface area contributed by atoms with E-state index in [9.17, 15) is 0 Å². The van der Waals surface area contributed by atoms with Crippen LogP contribution in [-0.4, -0.2) is 5.71 Å². The molecule has 0 heterocycles. The van der Waals surface area contributed by atoms with Gasteiger partial charge in [-0.1, -0.05) is 48.0 Å². The highest BCUT2D eigenvalue weighted by Crippen LogP contribution is 2.17. The minimum atomic E-state index is 0. The fourth-order valence-electron chi connectivity index (χ4n) is 2.15. The van der Waals surface area contributed by atoms with Crippen molar-refractivity contribution in [2.24, 2.45) is 5.10 Å². The van der Waals surface area contributed by atoms with Gasteiger partial charge in [-0.05, 0) is 53.6 Å². The number of hydrazone groups is 1. The molecule has 0 spiro atoms. The first kappa shape index (κ1) is 16.3. The normalized spacial score (nSPS) is 11.1. The minimum Gasteiger partial charge on any atom is -0.278 e. The van der Waals surface area contributed by atoms with Gasteiger partial charge in [0.2, 0.25) is 0 Å². The van der Waals surface area contributed by atoms with E-state index in [2.05, 4.69) is 40.9 Å². The Hall–Kier alpha value is -2.03. The van der Waals surface area contributed by atoms with E-state index in [0.717, 1.165) is 22.0 Å². The average Bonchev–Trinajstić information content (AvgIpc) is 2.53. The molecule has 0 amide bonds. The summed E-state index contributed by atoms with van der Waals surface area (Å²) in [5.41, 5.74) is 6.01. The minimum absolute atomic E-state index is 0. The van der Waals surface area contributed by atoms with E-state index in [1.807, 2.05) is 43.3 Å². The van der Waals surface area contributed by atoms with Crippen molar-refractivity contribution in [2.45, 2.75) is 6.92 Å². The number of nitrogens with zero attached hydrogens (tertiary/aromatic N) is 1. The molecule has 0 aromatic heterocycles. The molecule has 1 N–H and O–H groups in total. The predicted molar refractivity (Wildman–Crippen MR) is 98.5 cm³/mol. The Bertz CT molecular complexity index is 796. The summed E-state index contributed by atoms with van der Waals surface area (Å²) in [5, 5.41) is 7.60. The van der Waals surface area contributed by atoms with Gasteiger partial charge in [0.25, 0.3) is 0 Å². The Kier molecular flexibility index (Phi) is 5.42. The van der Waals surface area contributed by atoms with Gasteiger partial charge >= 0.3 is 0 Å². The van der Waals surface area contributed by atoms with Gasteiger partial charge in [0.15, 0.2) is 0 Å². The van der Waals surface area contributed by atoms with Crippen LogP contribution < -0.4 is 5.43 Å². The first-order valence-corrected chi connectivity index (χ1v) is 7.15. The summed E-state index contributed by atoms with van der Waals surface area (Å²) in [6.45, 7) is 1.99. The predicted octanol–water partition coefficient (Wildman–Crippen LogP) is 5.75. The molecule has 22 heavy (non-hydrogen) atoms. The number of rotatable bonds is 3. The van der Waals surface area contributed by atoms with Gasteiger partial charge in [0.1, 0.15) is 0 Å². The van der Waals surface area contributed by atoms with E-state index in [4.69, 9.17) is 11.6 Å². The highest BCUT2D eigenvalue weighted by Gasteiger charge is 2.00. The van der Waals surface area contributed by atoms with Crippen LogP contribution in [0.15, 0.2) is 71.8 Å². The van der Waals surface area contributed by atoms with Gasteiger partial charge < -0.3 is 0 Å². The number of halogens is 2. The van der Waals surface area contributed by atoms with Gasteiger partial charge in [0.05, 0.1) is 11.4 Å². The lowest BCUT2D eigenvalue weighted by atomic mass is 10.0. The molecule has 0 saturated heterocycles. The van der Waals surface area contributed by atoms with E-state index in [1.165, 1.54) is 10.8 Å². The maximum Gasteiger partial charge on any atom is 0.0648 e. The SMILES string of the molecule is C/C(=N\Nc1ccc(Cl)cc1)c1ccc2ccccc2c1.Cl. The second-order valence-electron chi connectivity index (χ2n) is 4.88. The van der Waals surface area contributed by atoms with E-state index < -0.39 is 0 Å². The summed E-state index contributed by atoms with van der Waals surface area (Å²) >= 11 is 5.86. The number of nitrogens with one attached hydrogen (secondary N) is 1. The van der Waals surface area contributed by atoms with Crippen LogP contribution in [0, 0.1) is 0 Å². The first-order chi connectivity index (χ1) is 10.2. The number of hydrogen-bond acceptors (Lipinski definition) is 2. The van der Waals surface area contributed by atoms with E-state index in [0.29, 0.717) is 0 Å². The second-order valence-corrected chi connectivity index (χ2v) is 5.31. The van der Waals surface area contributed by atoms with Crippen molar-refractivity contribution in [2.75, 3.05) is 5.43 Å². The van der Waals surface area contributed by atoms with Crippen LogP contribution in [0.25, 0.3) is 10.8 Å². The quantitative estimate of drug-likeness (QED) is 0.479. The lowest BCUT2D eigenvalue weighted by Gasteiger charge is -2.05. The maximum absolute atomic E-state index is 5.86. The van der Waals surface area contributed by atoms with Crippen molar-refractivity contribution in [1.29, 1.82) is 0 Å². The fraction of sp³-hybridized carbons (Fsp3) is 0.0556. The molecule has 2 nitrogen and oxygen atoms in total. The standard InChI is InChI=1S/C18H15ClN2.ClH/c1-13(20-21-18-10-8-17(19)9-11-18)15-7-6-14-4-2-3-5-16(14)12-15;/h2-12,21H,1H3;1H/b20-13+;. The molecule has 0 fully saturated rings. The molecular formula is C18H16Cl2N2. The van der Waals surface area contributed by atoms with Crippen molar-refractivity contribution in [3.8, 4) is 0 Å². The molecule has 112 valence electrons. The van der Waals surface area contributed by atoms with Crippen LogP contribution in [0.4, 0.5) is 5.69 Å². The Morgan fingerprint density at radius 3 is 2.32 bits per heavy atom. The zero-order valence-electron chi connectivity index (χ0n) is 12.1. The van der Waals surface area contributed by atoms with Crippen molar-refractivity contribution < 1.29 is 0 Å². The molecule has 3 rings (SSSR count). The molecule has 3 aromatic rings.